The molecular weight excluding hydrogens is 296 g/mol. The molecule has 0 unspecified atom stereocenters. The highest BCUT2D eigenvalue weighted by Gasteiger charge is 2.09. The van der Waals surface area contributed by atoms with Crippen LogP contribution >= 0.6 is 0 Å². The van der Waals surface area contributed by atoms with Crippen LogP contribution in [0.3, 0.4) is 0 Å². The summed E-state index contributed by atoms with van der Waals surface area (Å²) in [6.45, 7) is 0.518. The maximum absolute atomic E-state index is 11.9. The number of hydrogen-bond acceptors (Lipinski definition) is 5. The van der Waals surface area contributed by atoms with E-state index in [-0.39, 0.29) is 30.3 Å². The first-order valence-electron chi connectivity index (χ1n) is 7.06. The summed E-state index contributed by atoms with van der Waals surface area (Å²) in [6.07, 6.45) is 1.39. The van der Waals surface area contributed by atoms with Crippen LogP contribution in [-0.2, 0) is 6.54 Å². The second-order valence-corrected chi connectivity index (χ2v) is 4.78. The Morgan fingerprint density at radius 1 is 1.13 bits per heavy atom. The summed E-state index contributed by atoms with van der Waals surface area (Å²) in [5.74, 6) is -0.252. The van der Waals surface area contributed by atoms with Crippen molar-refractivity contribution in [1.29, 1.82) is 0 Å². The maximum atomic E-state index is 11.9. The van der Waals surface area contributed by atoms with Crippen LogP contribution in [-0.4, -0.2) is 27.4 Å². The van der Waals surface area contributed by atoms with Gasteiger partial charge in [0.2, 0.25) is 5.76 Å². The molecule has 0 aliphatic heterocycles. The first-order chi connectivity index (χ1) is 11.2. The molecule has 1 aromatic carbocycles. The maximum Gasteiger partial charge on any atom is 0.289 e. The molecule has 0 radical (unpaired) electrons. The number of hydrogen-bond donors (Lipinski definition) is 1. The first kappa shape index (κ1) is 14.7. The highest BCUT2D eigenvalue weighted by Crippen LogP contribution is 2.13. The molecule has 7 nitrogen and oxygen atoms in total. The third-order valence-electron chi connectivity index (χ3n) is 3.21. The molecule has 0 saturated heterocycles. The molecule has 0 atom stereocenters. The van der Waals surface area contributed by atoms with Gasteiger partial charge in [0.25, 0.3) is 11.5 Å². The lowest BCUT2D eigenvalue weighted by atomic mass is 10.1. The van der Waals surface area contributed by atoms with Crippen LogP contribution in [0.2, 0.25) is 0 Å². The van der Waals surface area contributed by atoms with E-state index in [2.05, 4.69) is 15.6 Å². The van der Waals surface area contributed by atoms with E-state index in [4.69, 9.17) is 4.52 Å². The van der Waals surface area contributed by atoms with Gasteiger partial charge in [-0.05, 0) is 6.07 Å². The van der Waals surface area contributed by atoms with Crippen molar-refractivity contribution >= 4 is 5.91 Å². The van der Waals surface area contributed by atoms with Crippen LogP contribution < -0.4 is 10.9 Å². The molecule has 0 saturated carbocycles. The summed E-state index contributed by atoms with van der Waals surface area (Å²) in [4.78, 5) is 23.6. The highest BCUT2D eigenvalue weighted by molar-refractivity contribution is 5.91. The van der Waals surface area contributed by atoms with E-state index in [1.807, 2.05) is 30.3 Å². The third-order valence-corrected chi connectivity index (χ3v) is 3.21. The number of carbonyl (C=O) groups excluding carboxylic acids is 1. The van der Waals surface area contributed by atoms with Gasteiger partial charge in [-0.25, -0.2) is 4.68 Å². The molecule has 1 amide bonds. The average Bonchev–Trinajstić information content (AvgIpc) is 3.12. The van der Waals surface area contributed by atoms with Gasteiger partial charge >= 0.3 is 0 Å². The van der Waals surface area contributed by atoms with Crippen LogP contribution in [0, 0.1) is 0 Å². The van der Waals surface area contributed by atoms with E-state index < -0.39 is 0 Å². The van der Waals surface area contributed by atoms with Gasteiger partial charge in [-0.15, -0.1) is 0 Å². The second-order valence-electron chi connectivity index (χ2n) is 4.78. The van der Waals surface area contributed by atoms with E-state index in [0.29, 0.717) is 5.69 Å². The van der Waals surface area contributed by atoms with Crippen molar-refractivity contribution in [3.63, 3.8) is 0 Å². The zero-order valence-corrected chi connectivity index (χ0v) is 12.2. The van der Waals surface area contributed by atoms with Gasteiger partial charge in [0, 0.05) is 24.2 Å². The molecule has 3 aromatic rings. The van der Waals surface area contributed by atoms with Gasteiger partial charge < -0.3 is 9.84 Å². The van der Waals surface area contributed by atoms with E-state index in [1.165, 1.54) is 23.0 Å². The van der Waals surface area contributed by atoms with Gasteiger partial charge in [-0.3, -0.25) is 9.59 Å². The largest absolute Gasteiger partial charge is 0.351 e. The Kier molecular flexibility index (Phi) is 4.28. The molecule has 7 heteroatoms. The van der Waals surface area contributed by atoms with Crippen LogP contribution in [0.1, 0.15) is 10.6 Å². The van der Waals surface area contributed by atoms with E-state index >= 15 is 0 Å². The Hall–Kier alpha value is -3.22. The van der Waals surface area contributed by atoms with E-state index in [9.17, 15) is 9.59 Å². The minimum Gasteiger partial charge on any atom is -0.351 e. The number of nitrogens with one attached hydrogen (secondary N) is 1. The summed E-state index contributed by atoms with van der Waals surface area (Å²) >= 11 is 0. The minimum atomic E-state index is -0.380. The molecular formula is C16H14N4O3. The fraction of sp³-hybridized carbons (Fsp3) is 0.125. The summed E-state index contributed by atoms with van der Waals surface area (Å²) in [5.41, 5.74) is 1.40. The van der Waals surface area contributed by atoms with Crippen LogP contribution in [0.5, 0.6) is 0 Å². The van der Waals surface area contributed by atoms with Crippen LogP contribution in [0.15, 0.2) is 64.0 Å². The quantitative estimate of drug-likeness (QED) is 0.768. The van der Waals surface area contributed by atoms with E-state index in [0.717, 1.165) is 5.56 Å². The smallest absolute Gasteiger partial charge is 0.289 e. The van der Waals surface area contributed by atoms with Crippen molar-refractivity contribution in [3.05, 3.63) is 70.8 Å². The summed E-state index contributed by atoms with van der Waals surface area (Å²) in [7, 11) is 0. The average molecular weight is 310 g/mol. The predicted octanol–water partition coefficient (Wildman–Crippen LogP) is 1.33. The summed E-state index contributed by atoms with van der Waals surface area (Å²) in [5, 5.41) is 10.4. The van der Waals surface area contributed by atoms with Crippen LogP contribution in [0.25, 0.3) is 11.3 Å². The lowest BCUT2D eigenvalue weighted by Gasteiger charge is -2.07. The van der Waals surface area contributed by atoms with Gasteiger partial charge in [-0.1, -0.05) is 35.5 Å². The monoisotopic (exact) mass is 310 g/mol. The SMILES string of the molecule is O=C(NCCn1nc(-c2ccccc2)ccc1=O)c1ccno1. The third kappa shape index (κ3) is 3.52. The number of nitrogens with zero attached hydrogens (tertiary/aromatic N) is 3. The standard InChI is InChI=1S/C16H14N4O3/c21-15-7-6-13(12-4-2-1-3-5-12)19-20(15)11-10-17-16(22)14-8-9-18-23-14/h1-9H,10-11H2,(H,17,22). The van der Waals surface area contributed by atoms with Crippen molar-refractivity contribution in [3.8, 4) is 11.3 Å². The fourth-order valence-corrected chi connectivity index (χ4v) is 2.07. The van der Waals surface area contributed by atoms with E-state index in [1.54, 1.807) is 6.07 Å². The Balaban J connectivity index is 1.68. The van der Waals surface area contributed by atoms with Crippen LogP contribution in [0.4, 0.5) is 0 Å². The van der Waals surface area contributed by atoms with Crippen molar-refractivity contribution in [2.24, 2.45) is 0 Å². The second kappa shape index (κ2) is 6.69. The lowest BCUT2D eigenvalue weighted by Crippen LogP contribution is -2.31. The first-order valence-corrected chi connectivity index (χ1v) is 7.06. The molecule has 0 spiro atoms. The topological polar surface area (TPSA) is 90.0 Å². The zero-order chi connectivity index (χ0) is 16.1. The number of carbonyl (C=O) groups is 1. The molecule has 2 aromatic heterocycles. The fourth-order valence-electron chi connectivity index (χ4n) is 2.07. The summed E-state index contributed by atoms with van der Waals surface area (Å²) < 4.78 is 6.07. The highest BCUT2D eigenvalue weighted by atomic mass is 16.5. The number of amides is 1. The van der Waals surface area contributed by atoms with Crippen molar-refractivity contribution < 1.29 is 9.32 Å². The summed E-state index contributed by atoms with van der Waals surface area (Å²) in [6, 6.07) is 14.2. The number of rotatable bonds is 5. The Morgan fingerprint density at radius 2 is 1.96 bits per heavy atom. The minimum absolute atomic E-state index is 0.128. The molecule has 23 heavy (non-hydrogen) atoms. The van der Waals surface area contributed by atoms with Gasteiger partial charge in [-0.2, -0.15) is 5.10 Å². The molecule has 1 N–H and O–H groups in total. The number of benzene rings is 1. The van der Waals surface area contributed by atoms with Crippen molar-refractivity contribution in [1.82, 2.24) is 20.3 Å². The predicted molar refractivity (Wildman–Crippen MR) is 82.8 cm³/mol. The Morgan fingerprint density at radius 3 is 2.70 bits per heavy atom. The Labute approximate surface area is 131 Å². The Bertz CT molecular complexity index is 841. The van der Waals surface area contributed by atoms with Crippen molar-refractivity contribution in [2.75, 3.05) is 6.54 Å². The molecule has 116 valence electrons. The van der Waals surface area contributed by atoms with Gasteiger partial charge in [0.05, 0.1) is 18.4 Å². The normalized spacial score (nSPS) is 10.4. The number of aromatic nitrogens is 3. The molecule has 2 heterocycles. The van der Waals surface area contributed by atoms with Crippen molar-refractivity contribution in [2.45, 2.75) is 6.54 Å². The molecule has 0 aliphatic carbocycles. The molecule has 3 rings (SSSR count). The molecule has 0 bridgehead atoms. The van der Waals surface area contributed by atoms with Gasteiger partial charge in [0.15, 0.2) is 0 Å². The molecule has 0 fully saturated rings. The lowest BCUT2D eigenvalue weighted by molar-refractivity contribution is 0.0915. The molecule has 0 aliphatic rings. The van der Waals surface area contributed by atoms with Gasteiger partial charge in [0.1, 0.15) is 0 Å². The zero-order valence-electron chi connectivity index (χ0n) is 12.2.